The van der Waals surface area contributed by atoms with Gasteiger partial charge in [-0.2, -0.15) is 0 Å². The second-order valence-electron chi connectivity index (χ2n) is 4.42. The van der Waals surface area contributed by atoms with Gasteiger partial charge in [-0.1, -0.05) is 29.5 Å². The molecule has 0 bridgehead atoms. The number of nitrogens with zero attached hydrogens (tertiary/aromatic N) is 2. The molecule has 0 atom stereocenters. The summed E-state index contributed by atoms with van der Waals surface area (Å²) in [7, 11) is 1.61. The van der Waals surface area contributed by atoms with E-state index in [9.17, 15) is 4.79 Å². The molecule has 2 aromatic heterocycles. The summed E-state index contributed by atoms with van der Waals surface area (Å²) in [5, 5.41) is 14.1. The maximum atomic E-state index is 12.0. The fraction of sp³-hybridized carbons (Fsp3) is 0.133. The Balaban J connectivity index is 1.72. The molecule has 112 valence electrons. The predicted octanol–water partition coefficient (Wildman–Crippen LogP) is 3.46. The van der Waals surface area contributed by atoms with E-state index in [1.807, 2.05) is 41.8 Å². The Labute approximate surface area is 135 Å². The molecule has 0 saturated heterocycles. The van der Waals surface area contributed by atoms with Gasteiger partial charge < -0.3 is 10.1 Å². The first kappa shape index (κ1) is 14.7. The largest absolute Gasteiger partial charge is 0.496 e. The average Bonchev–Trinajstić information content (AvgIpc) is 3.19. The molecule has 0 aliphatic heterocycles. The third kappa shape index (κ3) is 3.32. The third-order valence-electron chi connectivity index (χ3n) is 2.92. The van der Waals surface area contributed by atoms with Gasteiger partial charge in [-0.15, -0.1) is 21.5 Å². The third-order valence-corrected chi connectivity index (χ3v) is 4.67. The molecule has 3 aromatic rings. The lowest BCUT2D eigenvalue weighted by molar-refractivity contribution is -0.115. The number of methoxy groups -OCH3 is 1. The summed E-state index contributed by atoms with van der Waals surface area (Å²) in [6.45, 7) is 0. The molecule has 22 heavy (non-hydrogen) atoms. The van der Waals surface area contributed by atoms with Crippen molar-refractivity contribution >= 4 is 33.7 Å². The maximum absolute atomic E-state index is 12.0. The molecule has 7 heteroatoms. The molecular weight excluding hydrogens is 318 g/mol. The zero-order valence-electron chi connectivity index (χ0n) is 11.8. The summed E-state index contributed by atoms with van der Waals surface area (Å²) in [5.41, 5.74) is 0.862. The highest BCUT2D eigenvalue weighted by molar-refractivity contribution is 7.18. The van der Waals surface area contributed by atoms with E-state index in [4.69, 9.17) is 4.74 Å². The predicted molar refractivity (Wildman–Crippen MR) is 88.5 cm³/mol. The summed E-state index contributed by atoms with van der Waals surface area (Å²) in [6.07, 6.45) is 0.348. The van der Waals surface area contributed by atoms with Gasteiger partial charge in [-0.05, 0) is 23.6 Å². The van der Waals surface area contributed by atoms with Gasteiger partial charge in [0.25, 0.3) is 0 Å². The lowest BCUT2D eigenvalue weighted by atomic mass is 10.2. The van der Waals surface area contributed by atoms with Crippen LogP contribution >= 0.6 is 22.7 Å². The van der Waals surface area contributed by atoms with Crippen LogP contribution in [0.2, 0.25) is 0 Å². The lowest BCUT2D eigenvalue weighted by Gasteiger charge is -2.03. The number of hydrogen-bond donors (Lipinski definition) is 1. The molecule has 0 spiro atoms. The van der Waals surface area contributed by atoms with Gasteiger partial charge in [-0.3, -0.25) is 4.79 Å². The van der Waals surface area contributed by atoms with Crippen LogP contribution in [-0.2, 0) is 11.2 Å². The SMILES string of the molecule is COc1ccccc1-c1nnc(NC(=O)Cc2cccs2)s1. The van der Waals surface area contributed by atoms with E-state index in [1.54, 1.807) is 18.4 Å². The molecule has 3 rings (SSSR count). The van der Waals surface area contributed by atoms with Gasteiger partial charge in [0, 0.05) is 4.88 Å². The van der Waals surface area contributed by atoms with Gasteiger partial charge in [-0.25, -0.2) is 0 Å². The van der Waals surface area contributed by atoms with Crippen LogP contribution in [0.4, 0.5) is 5.13 Å². The molecule has 0 unspecified atom stereocenters. The van der Waals surface area contributed by atoms with Crippen molar-refractivity contribution in [1.29, 1.82) is 0 Å². The molecule has 2 heterocycles. The summed E-state index contributed by atoms with van der Waals surface area (Å²) in [4.78, 5) is 13.0. The van der Waals surface area contributed by atoms with Gasteiger partial charge in [0.05, 0.1) is 19.1 Å². The number of amides is 1. The number of carbonyl (C=O) groups excluding carboxylic acids is 1. The molecule has 0 radical (unpaired) electrons. The second-order valence-corrected chi connectivity index (χ2v) is 6.43. The Kier molecular flexibility index (Phi) is 4.45. The Morgan fingerprint density at radius 1 is 1.23 bits per heavy atom. The molecule has 0 fully saturated rings. The number of nitrogens with one attached hydrogen (secondary N) is 1. The first-order valence-electron chi connectivity index (χ1n) is 6.55. The number of ether oxygens (including phenoxy) is 1. The Bertz CT molecular complexity index is 769. The van der Waals surface area contributed by atoms with Crippen molar-refractivity contribution in [3.8, 4) is 16.3 Å². The number of anilines is 1. The molecule has 0 aliphatic carbocycles. The lowest BCUT2D eigenvalue weighted by Crippen LogP contribution is -2.13. The smallest absolute Gasteiger partial charge is 0.231 e. The maximum Gasteiger partial charge on any atom is 0.231 e. The summed E-state index contributed by atoms with van der Waals surface area (Å²) < 4.78 is 5.31. The fourth-order valence-electron chi connectivity index (χ4n) is 1.94. The van der Waals surface area contributed by atoms with Crippen LogP contribution in [0.3, 0.4) is 0 Å². The Hall–Kier alpha value is -2.25. The normalized spacial score (nSPS) is 10.4. The van der Waals surface area contributed by atoms with E-state index in [-0.39, 0.29) is 5.91 Å². The van der Waals surface area contributed by atoms with Crippen LogP contribution in [0.25, 0.3) is 10.6 Å². The zero-order chi connectivity index (χ0) is 15.4. The van der Waals surface area contributed by atoms with Gasteiger partial charge in [0.2, 0.25) is 11.0 Å². The summed E-state index contributed by atoms with van der Waals surface area (Å²) >= 11 is 2.88. The average molecular weight is 331 g/mol. The van der Waals surface area contributed by atoms with Crippen molar-refractivity contribution in [3.63, 3.8) is 0 Å². The number of aromatic nitrogens is 2. The van der Waals surface area contributed by atoms with Crippen LogP contribution in [-0.4, -0.2) is 23.2 Å². The molecule has 0 saturated carbocycles. The first-order valence-corrected chi connectivity index (χ1v) is 8.25. The highest BCUT2D eigenvalue weighted by Gasteiger charge is 2.13. The van der Waals surface area contributed by atoms with Crippen molar-refractivity contribution in [1.82, 2.24) is 10.2 Å². The van der Waals surface area contributed by atoms with E-state index >= 15 is 0 Å². The minimum absolute atomic E-state index is 0.0924. The van der Waals surface area contributed by atoms with Crippen LogP contribution in [0, 0.1) is 0 Å². The summed E-state index contributed by atoms with van der Waals surface area (Å²) in [6, 6.07) is 11.5. The Morgan fingerprint density at radius 2 is 2.09 bits per heavy atom. The molecule has 1 amide bonds. The number of benzene rings is 1. The monoisotopic (exact) mass is 331 g/mol. The summed E-state index contributed by atoms with van der Waals surface area (Å²) in [5.74, 6) is 0.639. The molecule has 1 N–H and O–H groups in total. The number of hydrogen-bond acceptors (Lipinski definition) is 6. The van der Waals surface area contributed by atoms with Crippen LogP contribution < -0.4 is 10.1 Å². The topological polar surface area (TPSA) is 64.1 Å². The highest BCUT2D eigenvalue weighted by Crippen LogP contribution is 2.33. The van der Waals surface area contributed by atoms with Gasteiger partial charge in [0.1, 0.15) is 5.75 Å². The number of rotatable bonds is 5. The van der Waals surface area contributed by atoms with E-state index in [1.165, 1.54) is 11.3 Å². The molecule has 1 aromatic carbocycles. The van der Waals surface area contributed by atoms with Crippen LogP contribution in [0.5, 0.6) is 5.75 Å². The minimum atomic E-state index is -0.0924. The molecule has 0 aliphatic rings. The van der Waals surface area contributed by atoms with E-state index in [2.05, 4.69) is 15.5 Å². The highest BCUT2D eigenvalue weighted by atomic mass is 32.1. The fourth-order valence-corrected chi connectivity index (χ4v) is 3.43. The zero-order valence-corrected chi connectivity index (χ0v) is 13.4. The van der Waals surface area contributed by atoms with Gasteiger partial charge >= 0.3 is 0 Å². The van der Waals surface area contributed by atoms with Crippen molar-refractivity contribution in [3.05, 3.63) is 46.7 Å². The quantitative estimate of drug-likeness (QED) is 0.778. The minimum Gasteiger partial charge on any atom is -0.496 e. The molecular formula is C15H13N3O2S2. The van der Waals surface area contributed by atoms with Crippen molar-refractivity contribution < 1.29 is 9.53 Å². The molecule has 5 nitrogen and oxygen atoms in total. The van der Waals surface area contributed by atoms with Crippen molar-refractivity contribution in [2.75, 3.05) is 12.4 Å². The Morgan fingerprint density at radius 3 is 2.86 bits per heavy atom. The standard InChI is InChI=1S/C15H13N3O2S2/c1-20-12-7-3-2-6-11(12)14-17-18-15(22-14)16-13(19)9-10-5-4-8-21-10/h2-8H,9H2,1H3,(H,16,18,19). The van der Waals surface area contributed by atoms with Gasteiger partial charge in [0.15, 0.2) is 5.01 Å². The van der Waals surface area contributed by atoms with E-state index < -0.39 is 0 Å². The van der Waals surface area contributed by atoms with Crippen molar-refractivity contribution in [2.45, 2.75) is 6.42 Å². The van der Waals surface area contributed by atoms with E-state index in [0.29, 0.717) is 16.6 Å². The first-order chi connectivity index (χ1) is 10.8. The van der Waals surface area contributed by atoms with Crippen molar-refractivity contribution in [2.24, 2.45) is 0 Å². The van der Waals surface area contributed by atoms with E-state index in [0.717, 1.165) is 16.2 Å². The number of thiophene rings is 1. The number of carbonyl (C=O) groups is 1. The van der Waals surface area contributed by atoms with Crippen LogP contribution in [0.15, 0.2) is 41.8 Å². The van der Waals surface area contributed by atoms with Crippen LogP contribution in [0.1, 0.15) is 4.88 Å². The number of para-hydroxylation sites is 1. The second kappa shape index (κ2) is 6.67.